The third kappa shape index (κ3) is 3.07. The minimum absolute atomic E-state index is 0.123. The fraction of sp³-hybridized carbons (Fsp3) is 0.125. The molecule has 0 aliphatic heterocycles. The summed E-state index contributed by atoms with van der Waals surface area (Å²) in [5.41, 5.74) is 5.25. The summed E-state index contributed by atoms with van der Waals surface area (Å²) in [5, 5.41) is -0.285. The first-order valence-corrected chi connectivity index (χ1v) is 6.41. The predicted molar refractivity (Wildman–Crippen MR) is 59.5 cm³/mol. The molecule has 0 radical (unpaired) electrons. The van der Waals surface area contributed by atoms with E-state index in [1.54, 1.807) is 0 Å². The van der Waals surface area contributed by atoms with Gasteiger partial charge >= 0.3 is 10.0 Å². The van der Waals surface area contributed by atoms with E-state index in [9.17, 15) is 12.8 Å². The molecule has 0 aromatic heterocycles. The van der Waals surface area contributed by atoms with E-state index < -0.39 is 15.8 Å². The van der Waals surface area contributed by atoms with Crippen molar-refractivity contribution in [2.75, 3.05) is 5.88 Å². The molecule has 16 heavy (non-hydrogen) atoms. The summed E-state index contributed by atoms with van der Waals surface area (Å²) >= 11 is 10.8. The van der Waals surface area contributed by atoms with Crippen molar-refractivity contribution in [2.24, 2.45) is 5.73 Å². The minimum Gasteiger partial charge on any atom is -0.289 e. The van der Waals surface area contributed by atoms with Gasteiger partial charge in [-0.1, -0.05) is 11.6 Å². The standard InChI is InChI=1S/C8H7Cl2FN2O2S/c9-4-8(12)13-16(14,15)5-1-2-7(11)6(10)3-5/h1-3H,4H2,(H2,12,13)/p+1. The number of hydrogen-bond acceptors (Lipinski definition) is 2. The van der Waals surface area contributed by atoms with Gasteiger partial charge in [0.2, 0.25) is 0 Å². The molecule has 0 heterocycles. The number of sulfonamides is 1. The maximum atomic E-state index is 12.8. The highest BCUT2D eigenvalue weighted by Crippen LogP contribution is 2.17. The van der Waals surface area contributed by atoms with Crippen LogP contribution in [0.2, 0.25) is 5.02 Å². The van der Waals surface area contributed by atoms with E-state index in [1.807, 2.05) is 4.40 Å². The molecule has 0 saturated carbocycles. The molecule has 0 fully saturated rings. The highest BCUT2D eigenvalue weighted by molar-refractivity contribution is 7.84. The first kappa shape index (κ1) is 13.2. The fourth-order valence-electron chi connectivity index (χ4n) is 0.903. The number of benzene rings is 1. The van der Waals surface area contributed by atoms with Gasteiger partial charge in [0, 0.05) is 0 Å². The molecular formula is C8H8Cl2FN2O2S+. The van der Waals surface area contributed by atoms with Crippen LogP contribution in [0.3, 0.4) is 0 Å². The number of rotatable bonds is 3. The molecule has 1 aromatic carbocycles. The Labute approximate surface area is 102 Å². The Morgan fingerprint density at radius 2 is 2.12 bits per heavy atom. The van der Waals surface area contributed by atoms with E-state index in [2.05, 4.69) is 0 Å². The molecule has 8 heteroatoms. The molecule has 0 aliphatic carbocycles. The molecule has 0 unspecified atom stereocenters. The van der Waals surface area contributed by atoms with E-state index >= 15 is 0 Å². The van der Waals surface area contributed by atoms with E-state index in [1.165, 1.54) is 0 Å². The second-order valence-electron chi connectivity index (χ2n) is 2.84. The second kappa shape index (κ2) is 4.99. The Bertz CT molecular complexity index is 531. The minimum atomic E-state index is -3.86. The van der Waals surface area contributed by atoms with Gasteiger partial charge in [-0.15, -0.1) is 11.6 Å². The number of amidine groups is 1. The lowest BCUT2D eigenvalue weighted by molar-refractivity contribution is -0.269. The van der Waals surface area contributed by atoms with Crippen LogP contribution in [0.5, 0.6) is 0 Å². The summed E-state index contributed by atoms with van der Waals surface area (Å²) in [6.45, 7) is 0. The zero-order chi connectivity index (χ0) is 12.3. The summed E-state index contributed by atoms with van der Waals surface area (Å²) in [7, 11) is -3.86. The van der Waals surface area contributed by atoms with Crippen LogP contribution in [-0.4, -0.2) is 20.1 Å². The molecule has 88 valence electrons. The third-order valence-electron chi connectivity index (χ3n) is 1.61. The van der Waals surface area contributed by atoms with Gasteiger partial charge in [-0.25, -0.2) is 4.39 Å². The van der Waals surface area contributed by atoms with Gasteiger partial charge in [0.1, 0.15) is 16.6 Å². The molecule has 4 nitrogen and oxygen atoms in total. The van der Waals surface area contributed by atoms with Crippen molar-refractivity contribution in [3.05, 3.63) is 29.0 Å². The van der Waals surface area contributed by atoms with Crippen molar-refractivity contribution in [1.82, 2.24) is 0 Å². The number of alkyl halides is 1. The molecule has 0 spiro atoms. The molecular weight excluding hydrogens is 278 g/mol. The molecule has 0 bridgehead atoms. The second-order valence-corrected chi connectivity index (χ2v) is 5.20. The van der Waals surface area contributed by atoms with Gasteiger partial charge in [0.25, 0.3) is 5.84 Å². The maximum absolute atomic E-state index is 12.8. The quantitative estimate of drug-likeness (QED) is 0.461. The van der Waals surface area contributed by atoms with E-state index in [0.717, 1.165) is 18.2 Å². The zero-order valence-corrected chi connectivity index (χ0v) is 10.2. The summed E-state index contributed by atoms with van der Waals surface area (Å²) in [6.07, 6.45) is 0. The van der Waals surface area contributed by atoms with Gasteiger partial charge in [-0.2, -0.15) is 12.8 Å². The fourth-order valence-corrected chi connectivity index (χ4v) is 2.35. The molecule has 1 aromatic rings. The molecule has 0 amide bonds. The topological polar surface area (TPSA) is 74.1 Å². The third-order valence-corrected chi connectivity index (χ3v) is 3.59. The Morgan fingerprint density at radius 1 is 1.50 bits per heavy atom. The monoisotopic (exact) mass is 285 g/mol. The van der Waals surface area contributed by atoms with Crippen LogP contribution >= 0.6 is 23.2 Å². The lowest BCUT2D eigenvalue weighted by Crippen LogP contribution is -2.79. The van der Waals surface area contributed by atoms with Gasteiger partial charge < -0.3 is 0 Å². The van der Waals surface area contributed by atoms with E-state index in [-0.39, 0.29) is 21.6 Å². The van der Waals surface area contributed by atoms with Crippen molar-refractivity contribution >= 4 is 39.1 Å². The normalized spacial score (nSPS) is 12.8. The average Bonchev–Trinajstić information content (AvgIpc) is 2.21. The van der Waals surface area contributed by atoms with Crippen LogP contribution in [-0.2, 0) is 10.0 Å². The summed E-state index contributed by atoms with van der Waals surface area (Å²) in [4.78, 5) is -0.188. The van der Waals surface area contributed by atoms with Crippen LogP contribution in [0.15, 0.2) is 23.1 Å². The van der Waals surface area contributed by atoms with E-state index in [4.69, 9.17) is 28.9 Å². The Balaban J connectivity index is 3.23. The van der Waals surface area contributed by atoms with Crippen LogP contribution in [0.4, 0.5) is 4.39 Å². The van der Waals surface area contributed by atoms with Crippen molar-refractivity contribution < 1.29 is 17.2 Å². The number of nitrogens with one attached hydrogen (secondary N) is 1. The van der Waals surface area contributed by atoms with Crippen LogP contribution < -0.4 is 10.1 Å². The molecule has 1 rings (SSSR count). The zero-order valence-electron chi connectivity index (χ0n) is 7.88. The first-order valence-electron chi connectivity index (χ1n) is 4.02. The van der Waals surface area contributed by atoms with Gasteiger partial charge in [0.05, 0.1) is 5.02 Å². The summed E-state index contributed by atoms with van der Waals surface area (Å²) < 4.78 is 38.1. The number of hydrogen-bond donors (Lipinski definition) is 2. The van der Waals surface area contributed by atoms with Crippen molar-refractivity contribution in [3.8, 4) is 0 Å². The van der Waals surface area contributed by atoms with Crippen LogP contribution in [0.25, 0.3) is 0 Å². The highest BCUT2D eigenvalue weighted by Gasteiger charge is 2.17. The maximum Gasteiger partial charge on any atom is 0.328 e. The van der Waals surface area contributed by atoms with Crippen molar-refractivity contribution in [3.63, 3.8) is 0 Å². The van der Waals surface area contributed by atoms with E-state index in [0.29, 0.717) is 0 Å². The Hall–Kier alpha value is -0.850. The molecule has 3 N–H and O–H groups in total. The molecule has 0 saturated heterocycles. The van der Waals surface area contributed by atoms with Gasteiger partial charge in [-0.05, 0) is 18.2 Å². The largest absolute Gasteiger partial charge is 0.328 e. The highest BCUT2D eigenvalue weighted by atomic mass is 35.5. The smallest absolute Gasteiger partial charge is 0.289 e. The van der Waals surface area contributed by atoms with Crippen LogP contribution in [0.1, 0.15) is 0 Å². The number of nitrogens with two attached hydrogens (primary N) is 1. The van der Waals surface area contributed by atoms with Gasteiger partial charge in [0.15, 0.2) is 0 Å². The van der Waals surface area contributed by atoms with Gasteiger partial charge in [-0.3, -0.25) is 5.73 Å². The van der Waals surface area contributed by atoms with Crippen molar-refractivity contribution in [2.45, 2.75) is 4.90 Å². The number of halogens is 3. The van der Waals surface area contributed by atoms with Crippen LogP contribution in [0, 0.1) is 5.82 Å². The predicted octanol–water partition coefficient (Wildman–Crippen LogP) is -0.156. The SMILES string of the molecule is NC(CCl)=[NH+]S(=O)(=O)c1ccc(F)c(Cl)c1. The van der Waals surface area contributed by atoms with Crippen molar-refractivity contribution in [1.29, 1.82) is 0 Å². The molecule has 0 atom stereocenters. The lowest BCUT2D eigenvalue weighted by Gasteiger charge is -1.99. The Kier molecular flexibility index (Phi) is 4.12. The summed E-state index contributed by atoms with van der Waals surface area (Å²) in [5.74, 6) is -0.981. The Morgan fingerprint density at radius 3 is 2.62 bits per heavy atom. The lowest BCUT2D eigenvalue weighted by atomic mass is 10.3. The molecule has 0 aliphatic rings. The first-order chi connectivity index (χ1) is 7.36. The average molecular weight is 286 g/mol. The summed E-state index contributed by atoms with van der Waals surface area (Å²) in [6, 6.07) is 3.01.